The van der Waals surface area contributed by atoms with Gasteiger partial charge in [-0.25, -0.2) is 4.79 Å². The molecule has 6 heteroatoms. The Morgan fingerprint density at radius 2 is 1.83 bits per heavy atom. The molecule has 1 amide bonds. The molecule has 0 bridgehead atoms. The maximum atomic E-state index is 12.1. The zero-order chi connectivity index (χ0) is 16.8. The van der Waals surface area contributed by atoms with Crippen LogP contribution in [0.4, 0.5) is 0 Å². The molecule has 0 atom stereocenters. The predicted molar refractivity (Wildman–Crippen MR) is 87.7 cm³/mol. The van der Waals surface area contributed by atoms with E-state index in [1.54, 1.807) is 15.7 Å². The SMILES string of the molecule is Cc1nn(C)c(C)c1C=CC(=O)OCC(=O)N1CCCCCC1. The minimum absolute atomic E-state index is 0.109. The van der Waals surface area contributed by atoms with Crippen molar-refractivity contribution in [1.82, 2.24) is 14.7 Å². The lowest BCUT2D eigenvalue weighted by Crippen LogP contribution is -2.35. The number of nitrogens with zero attached hydrogens (tertiary/aromatic N) is 3. The second-order valence-corrected chi connectivity index (χ2v) is 5.94. The van der Waals surface area contributed by atoms with Gasteiger partial charge in [0, 0.05) is 37.5 Å². The number of ether oxygens (including phenoxy) is 1. The number of amides is 1. The van der Waals surface area contributed by atoms with Crippen LogP contribution in [0.5, 0.6) is 0 Å². The van der Waals surface area contributed by atoms with Gasteiger partial charge in [-0.1, -0.05) is 12.8 Å². The van der Waals surface area contributed by atoms with Gasteiger partial charge in [-0.05, 0) is 32.8 Å². The first-order valence-corrected chi connectivity index (χ1v) is 8.12. The van der Waals surface area contributed by atoms with Gasteiger partial charge in [0.2, 0.25) is 0 Å². The Morgan fingerprint density at radius 1 is 1.17 bits per heavy atom. The molecule has 0 radical (unpaired) electrons. The summed E-state index contributed by atoms with van der Waals surface area (Å²) < 4.78 is 6.83. The van der Waals surface area contributed by atoms with Crippen LogP contribution in [-0.2, 0) is 21.4 Å². The Morgan fingerprint density at radius 3 is 2.39 bits per heavy atom. The van der Waals surface area contributed by atoms with Crippen LogP contribution >= 0.6 is 0 Å². The summed E-state index contributed by atoms with van der Waals surface area (Å²) in [6.07, 6.45) is 7.42. The molecule has 1 aromatic heterocycles. The summed E-state index contributed by atoms with van der Waals surface area (Å²) in [5.41, 5.74) is 2.74. The van der Waals surface area contributed by atoms with E-state index < -0.39 is 5.97 Å². The number of carbonyl (C=O) groups excluding carboxylic acids is 2. The summed E-state index contributed by atoms with van der Waals surface area (Å²) in [6, 6.07) is 0. The second-order valence-electron chi connectivity index (χ2n) is 5.94. The molecule has 0 saturated carbocycles. The highest BCUT2D eigenvalue weighted by Crippen LogP contribution is 2.14. The molecule has 2 rings (SSSR count). The van der Waals surface area contributed by atoms with Crippen LogP contribution in [0.25, 0.3) is 6.08 Å². The minimum atomic E-state index is -0.504. The molecule has 1 aromatic rings. The van der Waals surface area contributed by atoms with Crippen LogP contribution in [0, 0.1) is 13.8 Å². The van der Waals surface area contributed by atoms with Gasteiger partial charge in [0.05, 0.1) is 5.69 Å². The molecular formula is C17H25N3O3. The highest BCUT2D eigenvalue weighted by atomic mass is 16.5. The largest absolute Gasteiger partial charge is 0.452 e. The summed E-state index contributed by atoms with van der Waals surface area (Å²) in [5.74, 6) is -0.613. The standard InChI is InChI=1S/C17H25N3O3/c1-13-15(14(2)19(3)18-13)8-9-17(22)23-12-16(21)20-10-6-4-5-7-11-20/h8-9H,4-7,10-12H2,1-3H3. The fraction of sp³-hybridized carbons (Fsp3) is 0.588. The smallest absolute Gasteiger partial charge is 0.331 e. The lowest BCUT2D eigenvalue weighted by Gasteiger charge is -2.19. The van der Waals surface area contributed by atoms with Crippen LogP contribution < -0.4 is 0 Å². The number of likely N-dealkylation sites (tertiary alicyclic amines) is 1. The van der Waals surface area contributed by atoms with Gasteiger partial charge in [-0.2, -0.15) is 5.10 Å². The van der Waals surface area contributed by atoms with Gasteiger partial charge < -0.3 is 9.64 Å². The molecule has 1 saturated heterocycles. The van der Waals surface area contributed by atoms with Crippen LogP contribution in [0.15, 0.2) is 6.08 Å². The minimum Gasteiger partial charge on any atom is -0.452 e. The molecule has 2 heterocycles. The first-order chi connectivity index (χ1) is 11.0. The molecule has 1 aliphatic rings. The number of carbonyl (C=O) groups is 2. The van der Waals surface area contributed by atoms with E-state index in [-0.39, 0.29) is 12.5 Å². The highest BCUT2D eigenvalue weighted by Gasteiger charge is 2.16. The van der Waals surface area contributed by atoms with Crippen LogP contribution in [-0.4, -0.2) is 46.3 Å². The lowest BCUT2D eigenvalue weighted by atomic mass is 10.2. The zero-order valence-corrected chi connectivity index (χ0v) is 14.2. The topological polar surface area (TPSA) is 64.4 Å². The molecule has 0 aliphatic carbocycles. The number of esters is 1. The Bertz CT molecular complexity index is 596. The molecule has 23 heavy (non-hydrogen) atoms. The quantitative estimate of drug-likeness (QED) is 0.629. The number of rotatable bonds is 4. The lowest BCUT2D eigenvalue weighted by molar-refractivity contribution is -0.148. The molecule has 0 spiro atoms. The van der Waals surface area contributed by atoms with Gasteiger partial charge in [0.15, 0.2) is 6.61 Å². The van der Waals surface area contributed by atoms with Crippen molar-refractivity contribution in [2.75, 3.05) is 19.7 Å². The number of aryl methyl sites for hydroxylation is 2. The van der Waals surface area contributed by atoms with E-state index in [1.807, 2.05) is 20.9 Å². The molecule has 6 nitrogen and oxygen atoms in total. The molecular weight excluding hydrogens is 294 g/mol. The van der Waals surface area contributed by atoms with E-state index in [2.05, 4.69) is 5.10 Å². The third-order valence-corrected chi connectivity index (χ3v) is 4.25. The van der Waals surface area contributed by atoms with Crippen LogP contribution in [0.3, 0.4) is 0 Å². The maximum absolute atomic E-state index is 12.1. The van der Waals surface area contributed by atoms with Gasteiger partial charge in [-0.15, -0.1) is 0 Å². The Kier molecular flexibility index (Phi) is 5.96. The molecule has 1 aliphatic heterocycles. The monoisotopic (exact) mass is 319 g/mol. The van der Waals surface area contributed by atoms with E-state index in [0.29, 0.717) is 0 Å². The summed E-state index contributed by atoms with van der Waals surface area (Å²) >= 11 is 0. The van der Waals surface area contributed by atoms with Crippen molar-refractivity contribution in [1.29, 1.82) is 0 Å². The number of hydrogen-bond donors (Lipinski definition) is 0. The second kappa shape index (κ2) is 7.94. The van der Waals surface area contributed by atoms with E-state index in [9.17, 15) is 9.59 Å². The fourth-order valence-corrected chi connectivity index (χ4v) is 2.77. The molecule has 0 unspecified atom stereocenters. The van der Waals surface area contributed by atoms with E-state index in [4.69, 9.17) is 4.74 Å². The molecule has 0 aromatic carbocycles. The van der Waals surface area contributed by atoms with Crippen molar-refractivity contribution in [3.05, 3.63) is 23.0 Å². The van der Waals surface area contributed by atoms with Crippen molar-refractivity contribution in [3.63, 3.8) is 0 Å². The molecule has 126 valence electrons. The fourth-order valence-electron chi connectivity index (χ4n) is 2.77. The van der Waals surface area contributed by atoms with Crippen molar-refractivity contribution in [2.45, 2.75) is 39.5 Å². The van der Waals surface area contributed by atoms with Gasteiger partial charge in [-0.3, -0.25) is 9.48 Å². The van der Waals surface area contributed by atoms with Gasteiger partial charge in [0.1, 0.15) is 0 Å². The Labute approximate surface area is 137 Å². The maximum Gasteiger partial charge on any atom is 0.331 e. The third kappa shape index (κ3) is 4.68. The predicted octanol–water partition coefficient (Wildman–Crippen LogP) is 2.00. The van der Waals surface area contributed by atoms with Crippen molar-refractivity contribution in [2.24, 2.45) is 7.05 Å². The van der Waals surface area contributed by atoms with E-state index in [0.717, 1.165) is 55.7 Å². The first kappa shape index (κ1) is 17.2. The zero-order valence-electron chi connectivity index (χ0n) is 14.2. The van der Waals surface area contributed by atoms with Crippen molar-refractivity contribution in [3.8, 4) is 0 Å². The third-order valence-electron chi connectivity index (χ3n) is 4.25. The normalized spacial score (nSPS) is 15.7. The van der Waals surface area contributed by atoms with E-state index in [1.165, 1.54) is 6.08 Å². The Hall–Kier alpha value is -2.11. The molecule has 1 fully saturated rings. The van der Waals surface area contributed by atoms with Crippen LogP contribution in [0.1, 0.15) is 42.6 Å². The van der Waals surface area contributed by atoms with Crippen molar-refractivity contribution >= 4 is 18.0 Å². The Balaban J connectivity index is 1.84. The summed E-state index contributed by atoms with van der Waals surface area (Å²) in [5, 5.41) is 4.29. The summed E-state index contributed by atoms with van der Waals surface area (Å²) in [6.45, 7) is 5.17. The highest BCUT2D eigenvalue weighted by molar-refractivity contribution is 5.89. The number of aromatic nitrogens is 2. The summed E-state index contributed by atoms with van der Waals surface area (Å²) in [4.78, 5) is 25.6. The summed E-state index contributed by atoms with van der Waals surface area (Å²) in [7, 11) is 1.86. The van der Waals surface area contributed by atoms with Crippen LogP contribution in [0.2, 0.25) is 0 Å². The first-order valence-electron chi connectivity index (χ1n) is 8.12. The number of hydrogen-bond acceptors (Lipinski definition) is 4. The average molecular weight is 319 g/mol. The van der Waals surface area contributed by atoms with E-state index >= 15 is 0 Å². The van der Waals surface area contributed by atoms with Gasteiger partial charge >= 0.3 is 5.97 Å². The van der Waals surface area contributed by atoms with Crippen molar-refractivity contribution < 1.29 is 14.3 Å². The average Bonchev–Trinajstić information content (AvgIpc) is 2.74. The molecule has 0 N–H and O–H groups in total. The van der Waals surface area contributed by atoms with Gasteiger partial charge in [0.25, 0.3) is 5.91 Å².